The van der Waals surface area contributed by atoms with Gasteiger partial charge in [-0.1, -0.05) is 6.92 Å². The highest BCUT2D eigenvalue weighted by molar-refractivity contribution is 5.94. The lowest BCUT2D eigenvalue weighted by Gasteiger charge is -2.36. The Balaban J connectivity index is 1.67. The van der Waals surface area contributed by atoms with E-state index in [-0.39, 0.29) is 23.9 Å². The zero-order valence-corrected chi connectivity index (χ0v) is 12.2. The number of piperazine rings is 1. The van der Waals surface area contributed by atoms with E-state index in [1.165, 1.54) is 11.2 Å². The van der Waals surface area contributed by atoms with Crippen LogP contribution < -0.4 is 10.2 Å². The summed E-state index contributed by atoms with van der Waals surface area (Å²) in [6, 6.07) is 0.249. The third-order valence-corrected chi connectivity index (χ3v) is 4.73. The molecule has 0 radical (unpaired) electrons. The van der Waals surface area contributed by atoms with E-state index in [0.717, 1.165) is 17.8 Å². The van der Waals surface area contributed by atoms with E-state index < -0.39 is 6.09 Å². The van der Waals surface area contributed by atoms with Crippen molar-refractivity contribution in [1.29, 1.82) is 0 Å². The average Bonchev–Trinajstić information content (AvgIpc) is 3.25. The molecule has 3 heterocycles. The van der Waals surface area contributed by atoms with Crippen LogP contribution in [0.3, 0.4) is 0 Å². The van der Waals surface area contributed by atoms with E-state index in [9.17, 15) is 14.7 Å². The predicted octanol–water partition coefficient (Wildman–Crippen LogP) is 0.863. The molecule has 2 unspecified atom stereocenters. The fraction of sp³-hybridized carbons (Fsp3) is 0.571. The molecule has 1 aromatic rings. The molecule has 2 aliphatic heterocycles. The summed E-state index contributed by atoms with van der Waals surface area (Å²) < 4.78 is 0. The lowest BCUT2D eigenvalue weighted by molar-refractivity contribution is -0.116. The van der Waals surface area contributed by atoms with Gasteiger partial charge in [-0.3, -0.25) is 4.79 Å². The number of nitrogens with zero attached hydrogens (tertiary/aromatic N) is 4. The molecule has 3 aliphatic rings. The second kappa shape index (κ2) is 4.56. The van der Waals surface area contributed by atoms with Crippen LogP contribution in [-0.4, -0.2) is 57.1 Å². The monoisotopic (exact) mass is 303 g/mol. The fourth-order valence-corrected chi connectivity index (χ4v) is 3.62. The zero-order valence-electron chi connectivity index (χ0n) is 12.2. The number of carbonyl (C=O) groups is 2. The summed E-state index contributed by atoms with van der Waals surface area (Å²) in [7, 11) is 0. The highest BCUT2D eigenvalue weighted by atomic mass is 16.4. The van der Waals surface area contributed by atoms with Crippen molar-refractivity contribution in [1.82, 2.24) is 14.9 Å². The van der Waals surface area contributed by atoms with Crippen molar-refractivity contribution in [3.8, 4) is 0 Å². The van der Waals surface area contributed by atoms with Crippen LogP contribution in [0.4, 0.5) is 16.4 Å². The van der Waals surface area contributed by atoms with E-state index in [2.05, 4.69) is 20.2 Å². The van der Waals surface area contributed by atoms with Crippen molar-refractivity contribution in [3.05, 3.63) is 11.9 Å². The SMILES string of the molecule is C[C@@H]1CC(=O)Nc2ncnc(N3CCN(C(=O)O)C4CC43)c21. The van der Waals surface area contributed by atoms with E-state index in [4.69, 9.17) is 0 Å². The van der Waals surface area contributed by atoms with Crippen LogP contribution in [0.5, 0.6) is 0 Å². The lowest BCUT2D eigenvalue weighted by Crippen LogP contribution is -2.49. The highest BCUT2D eigenvalue weighted by Crippen LogP contribution is 2.43. The molecule has 116 valence electrons. The van der Waals surface area contributed by atoms with Gasteiger partial charge in [0.15, 0.2) is 0 Å². The van der Waals surface area contributed by atoms with Crippen LogP contribution in [0, 0.1) is 0 Å². The van der Waals surface area contributed by atoms with Crippen molar-refractivity contribution >= 4 is 23.6 Å². The van der Waals surface area contributed by atoms with Gasteiger partial charge in [0.05, 0.1) is 12.1 Å². The molecule has 22 heavy (non-hydrogen) atoms. The number of hydrogen-bond donors (Lipinski definition) is 2. The summed E-state index contributed by atoms with van der Waals surface area (Å²) in [5, 5.41) is 12.0. The van der Waals surface area contributed by atoms with Crippen LogP contribution in [0.25, 0.3) is 0 Å². The first-order chi connectivity index (χ1) is 10.6. The van der Waals surface area contributed by atoms with Gasteiger partial charge in [0.1, 0.15) is 18.0 Å². The van der Waals surface area contributed by atoms with Crippen molar-refractivity contribution < 1.29 is 14.7 Å². The zero-order chi connectivity index (χ0) is 15.4. The van der Waals surface area contributed by atoms with Crippen LogP contribution in [0.15, 0.2) is 6.33 Å². The quantitative estimate of drug-likeness (QED) is 0.798. The topological polar surface area (TPSA) is 98.7 Å². The maximum absolute atomic E-state index is 11.7. The fourth-order valence-electron chi connectivity index (χ4n) is 3.62. The molecule has 1 saturated heterocycles. The van der Waals surface area contributed by atoms with E-state index in [1.54, 1.807) is 0 Å². The Hall–Kier alpha value is -2.38. The molecule has 8 nitrogen and oxygen atoms in total. The number of amides is 2. The molecule has 3 atom stereocenters. The summed E-state index contributed by atoms with van der Waals surface area (Å²) in [4.78, 5) is 35.2. The number of carbonyl (C=O) groups excluding carboxylic acids is 1. The second-order valence-corrected chi connectivity index (χ2v) is 6.15. The number of hydrogen-bond acceptors (Lipinski definition) is 5. The molecule has 1 aliphatic carbocycles. The molecule has 2 N–H and O–H groups in total. The van der Waals surface area contributed by atoms with Crippen molar-refractivity contribution in [2.24, 2.45) is 0 Å². The molecule has 0 spiro atoms. The summed E-state index contributed by atoms with van der Waals surface area (Å²) in [5.41, 5.74) is 0.969. The van der Waals surface area contributed by atoms with Gasteiger partial charge >= 0.3 is 6.09 Å². The Kier molecular flexibility index (Phi) is 2.75. The minimum Gasteiger partial charge on any atom is -0.465 e. The smallest absolute Gasteiger partial charge is 0.407 e. The lowest BCUT2D eigenvalue weighted by atomic mass is 9.94. The van der Waals surface area contributed by atoms with Gasteiger partial charge in [-0.15, -0.1) is 0 Å². The van der Waals surface area contributed by atoms with Gasteiger partial charge < -0.3 is 20.2 Å². The van der Waals surface area contributed by atoms with E-state index in [1.807, 2.05) is 6.92 Å². The number of fused-ring (bicyclic) bond motifs is 2. The number of aromatic nitrogens is 2. The van der Waals surface area contributed by atoms with Gasteiger partial charge in [-0.05, 0) is 12.3 Å². The van der Waals surface area contributed by atoms with Crippen molar-refractivity contribution in [3.63, 3.8) is 0 Å². The summed E-state index contributed by atoms with van der Waals surface area (Å²) in [6.45, 7) is 3.11. The third-order valence-electron chi connectivity index (χ3n) is 4.73. The minimum atomic E-state index is -0.850. The summed E-state index contributed by atoms with van der Waals surface area (Å²) in [6.07, 6.45) is 1.88. The minimum absolute atomic E-state index is 0.0235. The Morgan fingerprint density at radius 3 is 2.95 bits per heavy atom. The van der Waals surface area contributed by atoms with Gasteiger partial charge in [0.25, 0.3) is 0 Å². The molecule has 2 fully saturated rings. The van der Waals surface area contributed by atoms with E-state index in [0.29, 0.717) is 25.3 Å². The number of rotatable bonds is 1. The van der Waals surface area contributed by atoms with Gasteiger partial charge in [0.2, 0.25) is 5.91 Å². The standard InChI is InChI=1S/C14H17N5O3/c1-7-4-10(20)17-12-11(7)13(16-6-15-12)18-2-3-19(14(21)22)9-5-8(9)18/h6-9H,2-5H2,1H3,(H,21,22)(H,15,16,17,20)/t7-,8?,9?/m1/s1. The van der Waals surface area contributed by atoms with Gasteiger partial charge in [0, 0.05) is 25.1 Å². The van der Waals surface area contributed by atoms with Gasteiger partial charge in [-0.25, -0.2) is 14.8 Å². The number of nitrogens with one attached hydrogen (secondary N) is 1. The first-order valence-corrected chi connectivity index (χ1v) is 7.47. The highest BCUT2D eigenvalue weighted by Gasteiger charge is 2.52. The molecule has 1 aromatic heterocycles. The average molecular weight is 303 g/mol. The maximum atomic E-state index is 11.7. The largest absolute Gasteiger partial charge is 0.465 e. The summed E-state index contributed by atoms with van der Waals surface area (Å²) in [5.74, 6) is 1.47. The molecule has 0 bridgehead atoms. The Bertz CT molecular complexity index is 664. The second-order valence-electron chi connectivity index (χ2n) is 6.15. The Morgan fingerprint density at radius 2 is 2.18 bits per heavy atom. The number of carboxylic acid groups (broad SMARTS) is 1. The molecule has 8 heteroatoms. The Labute approximate surface area is 127 Å². The van der Waals surface area contributed by atoms with Crippen LogP contribution in [-0.2, 0) is 4.79 Å². The molecule has 0 aromatic carbocycles. The third kappa shape index (κ3) is 1.90. The molecular weight excluding hydrogens is 286 g/mol. The summed E-state index contributed by atoms with van der Waals surface area (Å²) >= 11 is 0. The first kappa shape index (κ1) is 13.3. The van der Waals surface area contributed by atoms with Crippen molar-refractivity contribution in [2.75, 3.05) is 23.3 Å². The van der Waals surface area contributed by atoms with Crippen LogP contribution in [0.1, 0.15) is 31.2 Å². The van der Waals surface area contributed by atoms with Crippen LogP contribution in [0.2, 0.25) is 0 Å². The van der Waals surface area contributed by atoms with Crippen LogP contribution >= 0.6 is 0 Å². The normalized spacial score (nSPS) is 29.5. The molecule has 2 amide bonds. The van der Waals surface area contributed by atoms with Gasteiger partial charge in [-0.2, -0.15) is 0 Å². The Morgan fingerprint density at radius 1 is 1.36 bits per heavy atom. The molecule has 4 rings (SSSR count). The number of anilines is 2. The molecule has 1 saturated carbocycles. The first-order valence-electron chi connectivity index (χ1n) is 7.47. The van der Waals surface area contributed by atoms with E-state index >= 15 is 0 Å². The predicted molar refractivity (Wildman–Crippen MR) is 78.0 cm³/mol. The maximum Gasteiger partial charge on any atom is 0.407 e. The van der Waals surface area contributed by atoms with Crippen molar-refractivity contribution in [2.45, 2.75) is 37.8 Å². The molecular formula is C14H17N5O3.